The van der Waals surface area contributed by atoms with Crippen LogP contribution in [0.25, 0.3) is 0 Å². The highest BCUT2D eigenvalue weighted by Crippen LogP contribution is 2.43. The summed E-state index contributed by atoms with van der Waals surface area (Å²) in [6.45, 7) is 5.92. The van der Waals surface area contributed by atoms with Crippen molar-refractivity contribution in [3.05, 3.63) is 34.9 Å². The van der Waals surface area contributed by atoms with E-state index in [-0.39, 0.29) is 11.3 Å². The molecule has 1 aromatic carbocycles. The number of imide groups is 1. The second-order valence-corrected chi connectivity index (χ2v) is 10.4. The molecular weight excluding hydrogens is 446 g/mol. The minimum atomic E-state index is -0.934. The number of hydrogen-bond acceptors (Lipinski definition) is 5. The maximum absolute atomic E-state index is 13.0. The number of amides is 4. The molecule has 2 fully saturated rings. The summed E-state index contributed by atoms with van der Waals surface area (Å²) in [6.07, 6.45) is 3.37. The van der Waals surface area contributed by atoms with E-state index in [1.165, 1.54) is 0 Å². The van der Waals surface area contributed by atoms with Crippen molar-refractivity contribution in [3.63, 3.8) is 0 Å². The summed E-state index contributed by atoms with van der Waals surface area (Å²) in [5, 5.41) is 6.08. The van der Waals surface area contributed by atoms with Crippen molar-refractivity contribution in [2.75, 3.05) is 19.7 Å². The second-order valence-electron chi connectivity index (χ2n) is 9.93. The van der Waals surface area contributed by atoms with Crippen LogP contribution in [-0.4, -0.2) is 54.0 Å². The van der Waals surface area contributed by atoms with Gasteiger partial charge in [0.2, 0.25) is 0 Å². The standard InChI is InChI=1S/C24H32ClN3O5/c1-23(2,3)17-7-10-24(11-8-17)21(31)28(22(32)27-24)14-20(30)33-15-19(29)26-12-9-16-5-4-6-18(25)13-16/h4-6,13,17H,7-12,14-15H2,1-3H3,(H,26,29)(H,27,32). The number of ether oxygens (including phenoxy) is 1. The number of hydrogen-bond donors (Lipinski definition) is 2. The highest BCUT2D eigenvalue weighted by molar-refractivity contribution is 6.30. The lowest BCUT2D eigenvalue weighted by atomic mass is 9.67. The van der Waals surface area contributed by atoms with Gasteiger partial charge < -0.3 is 15.4 Å². The number of benzene rings is 1. The van der Waals surface area contributed by atoms with Crippen LogP contribution in [-0.2, 0) is 25.5 Å². The molecule has 1 aliphatic carbocycles. The van der Waals surface area contributed by atoms with Gasteiger partial charge >= 0.3 is 12.0 Å². The molecule has 0 radical (unpaired) electrons. The molecule has 0 atom stereocenters. The number of nitrogens with one attached hydrogen (secondary N) is 2. The van der Waals surface area contributed by atoms with Crippen molar-refractivity contribution in [3.8, 4) is 0 Å². The third-order valence-electron chi connectivity index (χ3n) is 6.59. The van der Waals surface area contributed by atoms with Crippen LogP contribution in [0.4, 0.5) is 4.79 Å². The van der Waals surface area contributed by atoms with Crippen molar-refractivity contribution in [1.82, 2.24) is 15.5 Å². The van der Waals surface area contributed by atoms with E-state index in [4.69, 9.17) is 16.3 Å². The molecule has 0 aromatic heterocycles. The van der Waals surface area contributed by atoms with Gasteiger partial charge in [0, 0.05) is 11.6 Å². The van der Waals surface area contributed by atoms with Crippen molar-refractivity contribution in [1.29, 1.82) is 0 Å². The molecule has 2 aliphatic rings. The molecular formula is C24H32ClN3O5. The average molecular weight is 478 g/mol. The van der Waals surface area contributed by atoms with Gasteiger partial charge in [-0.05, 0) is 61.1 Å². The zero-order valence-corrected chi connectivity index (χ0v) is 20.2. The topological polar surface area (TPSA) is 105 Å². The number of halogens is 1. The monoisotopic (exact) mass is 477 g/mol. The summed E-state index contributed by atoms with van der Waals surface area (Å²) in [5.41, 5.74) is 0.186. The summed E-state index contributed by atoms with van der Waals surface area (Å²) in [6, 6.07) is 6.73. The molecule has 1 aromatic rings. The molecule has 8 nitrogen and oxygen atoms in total. The summed E-state index contributed by atoms with van der Waals surface area (Å²) in [4.78, 5) is 50.4. The van der Waals surface area contributed by atoms with Crippen LogP contribution >= 0.6 is 11.6 Å². The van der Waals surface area contributed by atoms with Gasteiger partial charge in [0.15, 0.2) is 6.61 Å². The first kappa shape index (κ1) is 25.0. The number of rotatable bonds is 7. The van der Waals surface area contributed by atoms with Gasteiger partial charge in [-0.25, -0.2) is 4.79 Å². The van der Waals surface area contributed by atoms with Crippen molar-refractivity contribution in [2.45, 2.75) is 58.4 Å². The van der Waals surface area contributed by atoms with Crippen LogP contribution in [0.5, 0.6) is 0 Å². The Kier molecular flexibility index (Phi) is 7.67. The molecule has 1 heterocycles. The quantitative estimate of drug-likeness (QED) is 0.464. The van der Waals surface area contributed by atoms with E-state index in [1.54, 1.807) is 6.07 Å². The molecule has 1 aliphatic heterocycles. The second kappa shape index (κ2) is 10.1. The normalized spacial score (nSPS) is 22.9. The third kappa shape index (κ3) is 6.25. The maximum atomic E-state index is 13.0. The molecule has 0 unspecified atom stereocenters. The van der Waals surface area contributed by atoms with Crippen LogP contribution in [0.15, 0.2) is 24.3 Å². The molecule has 4 amide bonds. The van der Waals surface area contributed by atoms with Crippen LogP contribution in [0.2, 0.25) is 5.02 Å². The van der Waals surface area contributed by atoms with Crippen LogP contribution < -0.4 is 10.6 Å². The van der Waals surface area contributed by atoms with Crippen LogP contribution in [0.1, 0.15) is 52.0 Å². The van der Waals surface area contributed by atoms with Gasteiger partial charge in [0.25, 0.3) is 11.8 Å². The summed E-state index contributed by atoms with van der Waals surface area (Å²) in [5.74, 6) is -1.17. The van der Waals surface area contributed by atoms with Gasteiger partial charge in [-0.2, -0.15) is 0 Å². The van der Waals surface area contributed by atoms with Gasteiger partial charge in [-0.15, -0.1) is 0 Å². The number of urea groups is 1. The predicted molar refractivity (Wildman–Crippen MR) is 124 cm³/mol. The molecule has 3 rings (SSSR count). The number of carbonyl (C=O) groups is 4. The molecule has 33 heavy (non-hydrogen) atoms. The van der Waals surface area contributed by atoms with E-state index in [9.17, 15) is 19.2 Å². The summed E-state index contributed by atoms with van der Waals surface area (Å²) >= 11 is 5.93. The first-order valence-electron chi connectivity index (χ1n) is 11.3. The zero-order chi connectivity index (χ0) is 24.2. The van der Waals surface area contributed by atoms with Gasteiger partial charge in [-0.3, -0.25) is 19.3 Å². The summed E-state index contributed by atoms with van der Waals surface area (Å²) < 4.78 is 4.98. The van der Waals surface area contributed by atoms with Crippen molar-refractivity contribution >= 4 is 35.4 Å². The Balaban J connectivity index is 1.42. The molecule has 0 bridgehead atoms. The van der Waals surface area contributed by atoms with E-state index in [0.717, 1.165) is 23.3 Å². The Morgan fingerprint density at radius 3 is 2.58 bits per heavy atom. The minimum absolute atomic E-state index is 0.144. The van der Waals surface area contributed by atoms with E-state index < -0.39 is 36.6 Å². The predicted octanol–water partition coefficient (Wildman–Crippen LogP) is 3.07. The van der Waals surface area contributed by atoms with E-state index in [1.807, 2.05) is 18.2 Å². The fraction of sp³-hybridized carbons (Fsp3) is 0.583. The molecule has 180 valence electrons. The van der Waals surface area contributed by atoms with E-state index >= 15 is 0 Å². The highest BCUT2D eigenvalue weighted by Gasteiger charge is 2.53. The largest absolute Gasteiger partial charge is 0.454 e. The molecule has 2 N–H and O–H groups in total. The number of carbonyl (C=O) groups excluding carboxylic acids is 4. The molecule has 1 saturated carbocycles. The zero-order valence-electron chi connectivity index (χ0n) is 19.4. The maximum Gasteiger partial charge on any atom is 0.326 e. The Labute approximate surface area is 199 Å². The highest BCUT2D eigenvalue weighted by atomic mass is 35.5. The number of esters is 1. The van der Waals surface area contributed by atoms with Gasteiger partial charge in [0.05, 0.1) is 0 Å². The van der Waals surface area contributed by atoms with Crippen molar-refractivity contribution in [2.24, 2.45) is 11.3 Å². The lowest BCUT2D eigenvalue weighted by molar-refractivity contribution is -0.151. The first-order chi connectivity index (χ1) is 15.5. The molecule has 9 heteroatoms. The van der Waals surface area contributed by atoms with Crippen LogP contribution in [0.3, 0.4) is 0 Å². The Bertz CT molecular complexity index is 919. The average Bonchev–Trinajstić information content (AvgIpc) is 2.96. The summed E-state index contributed by atoms with van der Waals surface area (Å²) in [7, 11) is 0. The van der Waals surface area contributed by atoms with E-state index in [0.29, 0.717) is 36.7 Å². The van der Waals surface area contributed by atoms with E-state index in [2.05, 4.69) is 31.4 Å². The molecule has 1 spiro atoms. The van der Waals surface area contributed by atoms with Gasteiger partial charge in [0.1, 0.15) is 12.1 Å². The lowest BCUT2D eigenvalue weighted by Crippen LogP contribution is -2.50. The fourth-order valence-electron chi connectivity index (χ4n) is 4.55. The number of nitrogens with zero attached hydrogens (tertiary/aromatic N) is 1. The van der Waals surface area contributed by atoms with Crippen molar-refractivity contribution < 1.29 is 23.9 Å². The van der Waals surface area contributed by atoms with Gasteiger partial charge in [-0.1, -0.05) is 44.5 Å². The third-order valence-corrected chi connectivity index (χ3v) is 6.82. The Morgan fingerprint density at radius 2 is 1.94 bits per heavy atom. The minimum Gasteiger partial charge on any atom is -0.454 e. The fourth-order valence-corrected chi connectivity index (χ4v) is 4.76. The first-order valence-corrected chi connectivity index (χ1v) is 11.7. The smallest absolute Gasteiger partial charge is 0.326 e. The Hall–Kier alpha value is -2.61. The lowest BCUT2D eigenvalue weighted by Gasteiger charge is -2.40. The van der Waals surface area contributed by atoms with Crippen LogP contribution in [0, 0.1) is 11.3 Å². The SMILES string of the molecule is CC(C)(C)C1CCC2(CC1)NC(=O)N(CC(=O)OCC(=O)NCCc1cccc(Cl)c1)C2=O. The molecule has 1 saturated heterocycles. The Morgan fingerprint density at radius 1 is 1.24 bits per heavy atom.